The standard InChI is InChI=1S/C16H23N3OS/c1-12(11-19-8-2-3-9-19)10-18-16(20)14-6-4-13(5-7-14)15(17)21/h4-7,12H,2-3,8-11H2,1H3,(H2,17,21)(H,18,20). The van der Waals surface area contributed by atoms with Gasteiger partial charge in [-0.2, -0.15) is 0 Å². The minimum Gasteiger partial charge on any atom is -0.389 e. The Hall–Kier alpha value is -1.46. The van der Waals surface area contributed by atoms with E-state index < -0.39 is 0 Å². The van der Waals surface area contributed by atoms with E-state index in [1.165, 1.54) is 25.9 Å². The van der Waals surface area contributed by atoms with E-state index in [4.69, 9.17) is 18.0 Å². The van der Waals surface area contributed by atoms with Crippen molar-refractivity contribution < 1.29 is 4.79 Å². The second-order valence-corrected chi connectivity index (χ2v) is 6.20. The maximum absolute atomic E-state index is 12.1. The number of benzene rings is 1. The molecule has 0 aromatic heterocycles. The molecule has 0 radical (unpaired) electrons. The molecule has 1 amide bonds. The molecule has 1 aliphatic heterocycles. The SMILES string of the molecule is CC(CNC(=O)c1ccc(C(N)=S)cc1)CN1CCCC1. The van der Waals surface area contributed by atoms with E-state index in [-0.39, 0.29) is 5.91 Å². The third-order valence-electron chi connectivity index (χ3n) is 3.81. The molecule has 4 nitrogen and oxygen atoms in total. The highest BCUT2D eigenvalue weighted by atomic mass is 32.1. The molecule has 21 heavy (non-hydrogen) atoms. The number of thiocarbonyl (C=S) groups is 1. The van der Waals surface area contributed by atoms with Gasteiger partial charge in [0.25, 0.3) is 5.91 Å². The van der Waals surface area contributed by atoms with Crippen molar-refractivity contribution in [3.8, 4) is 0 Å². The molecule has 0 aliphatic carbocycles. The van der Waals surface area contributed by atoms with Crippen LogP contribution in [0, 0.1) is 5.92 Å². The number of nitrogens with one attached hydrogen (secondary N) is 1. The second-order valence-electron chi connectivity index (χ2n) is 5.76. The van der Waals surface area contributed by atoms with E-state index in [9.17, 15) is 4.79 Å². The van der Waals surface area contributed by atoms with E-state index in [0.29, 0.717) is 23.0 Å². The molecule has 114 valence electrons. The Bertz CT molecular complexity index is 495. The Balaban J connectivity index is 1.79. The smallest absolute Gasteiger partial charge is 0.251 e. The number of rotatable bonds is 6. The van der Waals surface area contributed by atoms with Gasteiger partial charge in [0.1, 0.15) is 4.99 Å². The molecule has 0 saturated carbocycles. The average Bonchev–Trinajstić information content (AvgIpc) is 2.97. The molecule has 3 N–H and O–H groups in total. The number of amides is 1. The van der Waals surface area contributed by atoms with Crippen molar-refractivity contribution in [1.29, 1.82) is 0 Å². The molecule has 1 aromatic rings. The lowest BCUT2D eigenvalue weighted by Crippen LogP contribution is -2.34. The van der Waals surface area contributed by atoms with Crippen LogP contribution in [-0.4, -0.2) is 42.0 Å². The van der Waals surface area contributed by atoms with Crippen molar-refractivity contribution in [3.63, 3.8) is 0 Å². The molecule has 1 aliphatic rings. The molecule has 1 saturated heterocycles. The Morgan fingerprint density at radius 3 is 2.43 bits per heavy atom. The quantitative estimate of drug-likeness (QED) is 0.787. The van der Waals surface area contributed by atoms with Gasteiger partial charge in [0.15, 0.2) is 0 Å². The number of hydrogen-bond donors (Lipinski definition) is 2. The van der Waals surface area contributed by atoms with Gasteiger partial charge < -0.3 is 16.0 Å². The molecule has 0 spiro atoms. The molecule has 0 bridgehead atoms. The van der Waals surface area contributed by atoms with Gasteiger partial charge in [0.05, 0.1) is 0 Å². The van der Waals surface area contributed by atoms with E-state index >= 15 is 0 Å². The first-order valence-electron chi connectivity index (χ1n) is 7.46. The minimum absolute atomic E-state index is 0.0437. The van der Waals surface area contributed by atoms with Crippen molar-refractivity contribution in [3.05, 3.63) is 35.4 Å². The zero-order valence-electron chi connectivity index (χ0n) is 12.5. The van der Waals surface area contributed by atoms with E-state index in [2.05, 4.69) is 17.1 Å². The van der Waals surface area contributed by atoms with Gasteiger partial charge in [-0.1, -0.05) is 31.3 Å². The van der Waals surface area contributed by atoms with Gasteiger partial charge in [-0.05, 0) is 44.0 Å². The lowest BCUT2D eigenvalue weighted by Gasteiger charge is -2.20. The van der Waals surface area contributed by atoms with Crippen molar-refractivity contribution in [2.45, 2.75) is 19.8 Å². The van der Waals surface area contributed by atoms with E-state index in [0.717, 1.165) is 12.1 Å². The van der Waals surface area contributed by atoms with Crippen LogP contribution in [0.4, 0.5) is 0 Å². The first kappa shape index (κ1) is 15.9. The summed E-state index contributed by atoms with van der Waals surface area (Å²) in [5.41, 5.74) is 6.97. The Morgan fingerprint density at radius 2 is 1.86 bits per heavy atom. The van der Waals surface area contributed by atoms with E-state index in [1.54, 1.807) is 24.3 Å². The Morgan fingerprint density at radius 1 is 1.29 bits per heavy atom. The van der Waals surface area contributed by atoms with Crippen molar-refractivity contribution in [1.82, 2.24) is 10.2 Å². The predicted molar refractivity (Wildman–Crippen MR) is 89.5 cm³/mol. The van der Waals surface area contributed by atoms with E-state index in [1.807, 2.05) is 0 Å². The van der Waals surface area contributed by atoms with Crippen LogP contribution in [0.5, 0.6) is 0 Å². The van der Waals surface area contributed by atoms with Gasteiger partial charge in [-0.15, -0.1) is 0 Å². The van der Waals surface area contributed by atoms with Gasteiger partial charge in [-0.25, -0.2) is 0 Å². The number of carbonyl (C=O) groups is 1. The molecule has 1 fully saturated rings. The molecule has 1 heterocycles. The Labute approximate surface area is 131 Å². The maximum Gasteiger partial charge on any atom is 0.251 e. The zero-order valence-corrected chi connectivity index (χ0v) is 13.3. The molecule has 2 rings (SSSR count). The summed E-state index contributed by atoms with van der Waals surface area (Å²) in [6.07, 6.45) is 2.60. The summed E-state index contributed by atoms with van der Waals surface area (Å²) in [6.45, 7) is 6.32. The lowest BCUT2D eigenvalue weighted by molar-refractivity contribution is 0.0945. The molecule has 1 unspecified atom stereocenters. The van der Waals surface area contributed by atoms with Crippen molar-refractivity contribution in [2.24, 2.45) is 11.7 Å². The highest BCUT2D eigenvalue weighted by molar-refractivity contribution is 7.80. The van der Waals surface area contributed by atoms with Crippen LogP contribution in [0.15, 0.2) is 24.3 Å². The summed E-state index contributed by atoms with van der Waals surface area (Å²) in [5.74, 6) is 0.417. The van der Waals surface area contributed by atoms with Crippen LogP contribution in [-0.2, 0) is 0 Å². The summed E-state index contributed by atoms with van der Waals surface area (Å²) < 4.78 is 0. The first-order chi connectivity index (χ1) is 10.1. The average molecular weight is 305 g/mol. The number of likely N-dealkylation sites (tertiary alicyclic amines) is 1. The summed E-state index contributed by atoms with van der Waals surface area (Å²) >= 11 is 4.90. The predicted octanol–water partition coefficient (Wildman–Crippen LogP) is 1.78. The van der Waals surface area contributed by atoms with Gasteiger partial charge in [0, 0.05) is 24.2 Å². The zero-order chi connectivity index (χ0) is 15.2. The number of hydrogen-bond acceptors (Lipinski definition) is 3. The van der Waals surface area contributed by atoms with Crippen LogP contribution >= 0.6 is 12.2 Å². The normalized spacial score (nSPS) is 16.6. The summed E-state index contributed by atoms with van der Waals surface area (Å²) in [4.78, 5) is 14.9. The van der Waals surface area contributed by atoms with Crippen LogP contribution in [0.25, 0.3) is 0 Å². The highest BCUT2D eigenvalue weighted by Crippen LogP contribution is 2.10. The summed E-state index contributed by atoms with van der Waals surface area (Å²) in [6, 6.07) is 7.08. The number of carbonyl (C=O) groups excluding carboxylic acids is 1. The third kappa shape index (κ3) is 4.79. The minimum atomic E-state index is -0.0437. The number of nitrogens with zero attached hydrogens (tertiary/aromatic N) is 1. The molecular formula is C16H23N3OS. The molecule has 5 heteroatoms. The van der Waals surface area contributed by atoms with Gasteiger partial charge in [0.2, 0.25) is 0 Å². The number of nitrogens with two attached hydrogens (primary N) is 1. The molecular weight excluding hydrogens is 282 g/mol. The molecule has 1 aromatic carbocycles. The van der Waals surface area contributed by atoms with Crippen LogP contribution in [0.1, 0.15) is 35.7 Å². The topological polar surface area (TPSA) is 58.4 Å². The monoisotopic (exact) mass is 305 g/mol. The van der Waals surface area contributed by atoms with Crippen molar-refractivity contribution >= 4 is 23.1 Å². The van der Waals surface area contributed by atoms with Gasteiger partial charge in [-0.3, -0.25) is 4.79 Å². The highest BCUT2D eigenvalue weighted by Gasteiger charge is 2.15. The molecule has 1 atom stereocenters. The largest absolute Gasteiger partial charge is 0.389 e. The maximum atomic E-state index is 12.1. The fourth-order valence-corrected chi connectivity index (χ4v) is 2.76. The van der Waals surface area contributed by atoms with Crippen molar-refractivity contribution in [2.75, 3.05) is 26.2 Å². The van der Waals surface area contributed by atoms with Gasteiger partial charge >= 0.3 is 0 Å². The Kier molecular flexibility index (Phi) is 5.70. The summed E-state index contributed by atoms with van der Waals surface area (Å²) in [7, 11) is 0. The second kappa shape index (κ2) is 7.52. The fraction of sp³-hybridized carbons (Fsp3) is 0.500. The fourth-order valence-electron chi connectivity index (χ4n) is 2.63. The van der Waals surface area contributed by atoms with Crippen LogP contribution in [0.2, 0.25) is 0 Å². The third-order valence-corrected chi connectivity index (χ3v) is 4.05. The van der Waals surface area contributed by atoms with Crippen LogP contribution < -0.4 is 11.1 Å². The van der Waals surface area contributed by atoms with Crippen LogP contribution in [0.3, 0.4) is 0 Å². The first-order valence-corrected chi connectivity index (χ1v) is 7.87. The summed E-state index contributed by atoms with van der Waals surface area (Å²) in [5, 5.41) is 2.99. The lowest BCUT2D eigenvalue weighted by atomic mass is 10.1.